The number of ether oxygens (including phenoxy) is 2. The number of aliphatic hydroxyl groups is 1. The number of halogens is 1. The Morgan fingerprint density at radius 2 is 1.60 bits per heavy atom. The maximum absolute atomic E-state index is 13.6. The Hall–Kier alpha value is -2.25. The molecule has 264 valence electrons. The molecule has 1 aliphatic carbocycles. The second-order valence-corrected chi connectivity index (χ2v) is 22.1. The SMILES string of the molecule is COc1cc(NC(=O)C(C)(C)CN(C)C2CCC(OC(=O)C(O)(c3cccs3)c3cccs3)CC2)c(Cl)cc1CO[Si](C)(C)C(C)(C)C. The van der Waals surface area contributed by atoms with Crippen molar-refractivity contribution in [1.82, 2.24) is 4.90 Å². The summed E-state index contributed by atoms with van der Waals surface area (Å²) in [6.45, 7) is 15.8. The van der Waals surface area contributed by atoms with Gasteiger partial charge in [-0.15, -0.1) is 22.7 Å². The van der Waals surface area contributed by atoms with Crippen LogP contribution < -0.4 is 10.1 Å². The lowest BCUT2D eigenvalue weighted by atomic mass is 9.87. The molecule has 1 aliphatic rings. The first-order valence-electron chi connectivity index (χ1n) is 16.4. The van der Waals surface area contributed by atoms with Crippen LogP contribution in [-0.2, 0) is 31.0 Å². The third-order valence-electron chi connectivity index (χ3n) is 9.86. The number of amides is 1. The van der Waals surface area contributed by atoms with Crippen LogP contribution in [0.1, 0.15) is 75.6 Å². The van der Waals surface area contributed by atoms with Gasteiger partial charge in [-0.1, -0.05) is 44.5 Å². The molecule has 1 aromatic carbocycles. The first-order valence-corrected chi connectivity index (χ1v) is 21.5. The van der Waals surface area contributed by atoms with E-state index in [2.05, 4.69) is 44.1 Å². The van der Waals surface area contributed by atoms with Crippen LogP contribution in [0.15, 0.2) is 47.2 Å². The molecule has 0 unspecified atom stereocenters. The number of carbonyl (C=O) groups is 2. The molecule has 1 amide bonds. The molecule has 0 spiro atoms. The van der Waals surface area contributed by atoms with Gasteiger partial charge >= 0.3 is 5.97 Å². The number of benzene rings is 1. The predicted octanol–water partition coefficient (Wildman–Crippen LogP) is 8.68. The number of anilines is 1. The Balaban J connectivity index is 1.33. The lowest BCUT2D eigenvalue weighted by molar-refractivity contribution is -0.169. The number of hydrogen-bond donors (Lipinski definition) is 2. The number of thiophene rings is 2. The Labute approximate surface area is 299 Å². The number of hydrogen-bond acceptors (Lipinski definition) is 9. The van der Waals surface area contributed by atoms with Gasteiger partial charge < -0.3 is 29.2 Å². The monoisotopic (exact) mass is 734 g/mol. The molecule has 2 heterocycles. The second kappa shape index (κ2) is 15.3. The Bertz CT molecular complexity index is 1500. The highest BCUT2D eigenvalue weighted by atomic mass is 35.5. The Morgan fingerprint density at radius 1 is 1.02 bits per heavy atom. The van der Waals surface area contributed by atoms with Gasteiger partial charge in [0.2, 0.25) is 11.5 Å². The van der Waals surface area contributed by atoms with Crippen LogP contribution in [0.2, 0.25) is 23.2 Å². The van der Waals surface area contributed by atoms with Gasteiger partial charge in [0.1, 0.15) is 11.9 Å². The van der Waals surface area contributed by atoms with E-state index in [4.69, 9.17) is 25.5 Å². The van der Waals surface area contributed by atoms with Crippen molar-refractivity contribution in [3.8, 4) is 5.75 Å². The third-order valence-corrected chi connectivity index (χ3v) is 16.6. The standard InChI is InChI=1S/C36H51ClN2O6S2Si/c1-34(2,3)48(8,9)44-22-24-20-27(37)28(21-29(24)43-7)38-32(40)35(4,5)23-39(6)25-14-16-26(17-15-25)45-33(41)36(42,30-12-10-18-46-30)31-13-11-19-47-31/h10-13,18-21,25-26,42H,14-17,22-23H2,1-9H3,(H,38,40). The summed E-state index contributed by atoms with van der Waals surface area (Å²) < 4.78 is 18.0. The number of carbonyl (C=O) groups excluding carboxylic acids is 2. The van der Waals surface area contributed by atoms with Crippen LogP contribution in [0.3, 0.4) is 0 Å². The lowest BCUT2D eigenvalue weighted by Gasteiger charge is -2.38. The first kappa shape index (κ1) is 38.5. The third kappa shape index (κ3) is 8.72. The summed E-state index contributed by atoms with van der Waals surface area (Å²) in [5, 5.41) is 18.8. The molecule has 1 saturated carbocycles. The fraction of sp³-hybridized carbons (Fsp3) is 0.556. The largest absolute Gasteiger partial charge is 0.496 e. The van der Waals surface area contributed by atoms with Crippen LogP contribution in [0.4, 0.5) is 5.69 Å². The number of methoxy groups -OCH3 is 1. The minimum absolute atomic E-state index is 0.0736. The molecule has 3 aromatic rings. The van der Waals surface area contributed by atoms with E-state index in [1.54, 1.807) is 25.3 Å². The van der Waals surface area contributed by atoms with Gasteiger partial charge in [0.15, 0.2) is 8.32 Å². The van der Waals surface area contributed by atoms with E-state index in [0.717, 1.165) is 18.4 Å². The van der Waals surface area contributed by atoms with E-state index in [1.807, 2.05) is 49.9 Å². The average Bonchev–Trinajstić information content (AvgIpc) is 3.76. The zero-order valence-corrected chi connectivity index (χ0v) is 33.0. The molecule has 0 atom stereocenters. The summed E-state index contributed by atoms with van der Waals surface area (Å²) >= 11 is 9.35. The minimum atomic E-state index is -1.98. The van der Waals surface area contributed by atoms with E-state index in [1.165, 1.54) is 22.7 Å². The molecule has 2 aromatic heterocycles. The normalized spacial score (nSPS) is 17.8. The highest BCUT2D eigenvalue weighted by Crippen LogP contribution is 2.40. The van der Waals surface area contributed by atoms with Crippen molar-refractivity contribution in [2.45, 2.75) is 103 Å². The second-order valence-electron chi connectivity index (χ2n) is 14.9. The molecule has 8 nitrogen and oxygen atoms in total. The zero-order chi connectivity index (χ0) is 35.5. The molecule has 0 radical (unpaired) electrons. The summed E-state index contributed by atoms with van der Waals surface area (Å²) in [7, 11) is 1.66. The minimum Gasteiger partial charge on any atom is -0.496 e. The Morgan fingerprint density at radius 3 is 2.10 bits per heavy atom. The summed E-state index contributed by atoms with van der Waals surface area (Å²) in [4.78, 5) is 30.3. The maximum atomic E-state index is 13.6. The van der Waals surface area contributed by atoms with Gasteiger partial charge in [-0.3, -0.25) is 4.79 Å². The molecule has 2 N–H and O–H groups in total. The summed E-state index contributed by atoms with van der Waals surface area (Å²) in [6.07, 6.45) is 2.70. The number of nitrogens with zero attached hydrogens (tertiary/aromatic N) is 1. The molecule has 0 aliphatic heterocycles. The van der Waals surface area contributed by atoms with Crippen LogP contribution in [0, 0.1) is 5.41 Å². The van der Waals surface area contributed by atoms with E-state index in [9.17, 15) is 14.7 Å². The van der Waals surface area contributed by atoms with Crippen molar-refractivity contribution in [2.24, 2.45) is 5.41 Å². The molecule has 1 fully saturated rings. The van der Waals surface area contributed by atoms with Crippen molar-refractivity contribution in [2.75, 3.05) is 26.0 Å². The average molecular weight is 735 g/mol. The van der Waals surface area contributed by atoms with Gasteiger partial charge in [-0.2, -0.15) is 0 Å². The van der Waals surface area contributed by atoms with Gasteiger partial charge in [-0.05, 0) is 93.7 Å². The number of nitrogens with one attached hydrogen (secondary N) is 1. The maximum Gasteiger partial charge on any atom is 0.349 e. The van der Waals surface area contributed by atoms with Crippen molar-refractivity contribution in [3.63, 3.8) is 0 Å². The number of esters is 1. The van der Waals surface area contributed by atoms with Crippen LogP contribution in [0.25, 0.3) is 0 Å². The fourth-order valence-corrected chi connectivity index (χ4v) is 8.61. The fourth-order valence-electron chi connectivity index (χ4n) is 5.72. The van der Waals surface area contributed by atoms with E-state index in [0.29, 0.717) is 52.2 Å². The molecule has 48 heavy (non-hydrogen) atoms. The highest BCUT2D eigenvalue weighted by Gasteiger charge is 2.45. The zero-order valence-electron chi connectivity index (χ0n) is 29.6. The van der Waals surface area contributed by atoms with Gasteiger partial charge in [0.25, 0.3) is 0 Å². The van der Waals surface area contributed by atoms with Crippen molar-refractivity contribution in [1.29, 1.82) is 0 Å². The summed E-state index contributed by atoms with van der Waals surface area (Å²) in [5.41, 5.74) is -1.19. The highest BCUT2D eigenvalue weighted by molar-refractivity contribution is 7.12. The van der Waals surface area contributed by atoms with Crippen LogP contribution in [0.5, 0.6) is 5.75 Å². The van der Waals surface area contributed by atoms with Crippen LogP contribution in [-0.4, -0.2) is 63.0 Å². The molecular weight excluding hydrogens is 684 g/mol. The summed E-state index contributed by atoms with van der Waals surface area (Å²) in [5.74, 6) is -0.161. The van der Waals surface area contributed by atoms with Gasteiger partial charge in [0, 0.05) is 24.2 Å². The smallest absolute Gasteiger partial charge is 0.349 e. The molecule has 0 saturated heterocycles. The van der Waals surface area contributed by atoms with Gasteiger partial charge in [-0.25, -0.2) is 4.79 Å². The van der Waals surface area contributed by atoms with Crippen molar-refractivity contribution in [3.05, 3.63) is 67.5 Å². The molecule has 0 bridgehead atoms. The molecule has 12 heteroatoms. The number of rotatable bonds is 13. The van der Waals surface area contributed by atoms with Crippen molar-refractivity contribution < 1.29 is 28.6 Å². The van der Waals surface area contributed by atoms with E-state index < -0.39 is 25.3 Å². The topological polar surface area (TPSA) is 97.3 Å². The van der Waals surface area contributed by atoms with E-state index >= 15 is 0 Å². The molecular formula is C36H51ClN2O6S2Si. The Kier molecular flexibility index (Phi) is 12.3. The van der Waals surface area contributed by atoms with Crippen molar-refractivity contribution >= 4 is 60.2 Å². The van der Waals surface area contributed by atoms with Gasteiger partial charge in [0.05, 0.1) is 39.6 Å². The molecule has 4 rings (SSSR count). The quantitative estimate of drug-likeness (QED) is 0.134. The predicted molar refractivity (Wildman–Crippen MR) is 199 cm³/mol. The van der Waals surface area contributed by atoms with Crippen LogP contribution >= 0.6 is 34.3 Å². The lowest BCUT2D eigenvalue weighted by Crippen LogP contribution is -2.46. The summed E-state index contributed by atoms with van der Waals surface area (Å²) in [6, 6.07) is 11.0. The van der Waals surface area contributed by atoms with E-state index in [-0.39, 0.29) is 23.1 Å². The first-order chi connectivity index (χ1) is 22.4.